The van der Waals surface area contributed by atoms with Gasteiger partial charge in [-0.05, 0) is 67.4 Å². The summed E-state index contributed by atoms with van der Waals surface area (Å²) in [5, 5.41) is 6.29. The highest BCUT2D eigenvalue weighted by Gasteiger charge is 2.32. The molecule has 1 aliphatic heterocycles. The van der Waals surface area contributed by atoms with E-state index in [2.05, 4.69) is 37.9 Å². The van der Waals surface area contributed by atoms with Crippen LogP contribution in [0.15, 0.2) is 29.3 Å². The van der Waals surface area contributed by atoms with Gasteiger partial charge in [0.05, 0.1) is 6.04 Å². The molecule has 1 aliphatic carbocycles. The molecule has 0 amide bonds. The minimum absolute atomic E-state index is 0.406. The van der Waals surface area contributed by atoms with E-state index in [4.69, 9.17) is 28.8 Å². The predicted molar refractivity (Wildman–Crippen MR) is 124 cm³/mol. The number of benzene rings is 1. The second-order valence-electron chi connectivity index (χ2n) is 8.76. The fraction of sp³-hybridized carbons (Fsp3) is 0.619. The maximum Gasteiger partial charge on any atom is 0.179 e. The van der Waals surface area contributed by atoms with Gasteiger partial charge in [0.1, 0.15) is 0 Å². The first-order valence-electron chi connectivity index (χ1n) is 9.81. The molecule has 0 spiro atoms. The Morgan fingerprint density at radius 1 is 1.26 bits per heavy atom. The van der Waals surface area contributed by atoms with Crippen molar-refractivity contribution in [2.45, 2.75) is 64.7 Å². The summed E-state index contributed by atoms with van der Waals surface area (Å²) in [6.07, 6.45) is 4.91. The molecule has 0 aromatic heterocycles. The zero-order valence-electron chi connectivity index (χ0n) is 16.7. The van der Waals surface area contributed by atoms with E-state index in [1.165, 1.54) is 25.7 Å². The molecular formula is C21H30ClN3S2. The Labute approximate surface area is 178 Å². The Hall–Kier alpha value is -0.780. The van der Waals surface area contributed by atoms with Gasteiger partial charge in [0.15, 0.2) is 10.3 Å². The van der Waals surface area contributed by atoms with Crippen LogP contribution in [0.25, 0.3) is 0 Å². The monoisotopic (exact) mass is 423 g/mol. The third-order valence-electron chi connectivity index (χ3n) is 5.51. The molecule has 1 unspecified atom stereocenters. The van der Waals surface area contributed by atoms with Crippen molar-refractivity contribution < 1.29 is 0 Å². The molecule has 2 aliphatic rings. The third kappa shape index (κ3) is 5.61. The molecule has 3 nitrogen and oxygen atoms in total. The fourth-order valence-corrected chi connectivity index (χ4v) is 5.48. The van der Waals surface area contributed by atoms with Crippen LogP contribution in [0.5, 0.6) is 0 Å². The van der Waals surface area contributed by atoms with Crippen molar-refractivity contribution in [1.82, 2.24) is 4.90 Å². The molecule has 1 atom stereocenters. The van der Waals surface area contributed by atoms with Gasteiger partial charge in [0.2, 0.25) is 0 Å². The first-order chi connectivity index (χ1) is 12.7. The molecule has 1 saturated carbocycles. The Kier molecular flexibility index (Phi) is 6.75. The van der Waals surface area contributed by atoms with Gasteiger partial charge in [0, 0.05) is 22.5 Å². The first-order valence-corrected chi connectivity index (χ1v) is 11.5. The lowest BCUT2D eigenvalue weighted by Crippen LogP contribution is -2.37. The number of anilines is 1. The van der Waals surface area contributed by atoms with Crippen molar-refractivity contribution in [3.8, 4) is 0 Å². The predicted octanol–water partition coefficient (Wildman–Crippen LogP) is 6.44. The molecule has 0 bridgehead atoms. The van der Waals surface area contributed by atoms with Gasteiger partial charge in [-0.25, -0.2) is 0 Å². The van der Waals surface area contributed by atoms with Gasteiger partial charge in [-0.15, -0.1) is 0 Å². The zero-order chi connectivity index (χ0) is 19.6. The fourth-order valence-electron chi connectivity index (χ4n) is 3.87. The molecule has 1 aromatic rings. The standard InChI is InChI=1S/C21H30ClN3S2/c1-14-13-25(19(26)23-18-7-5-6-16(22)12-18)20(27-14)24-17-10-8-15(9-11-17)21(2,3)4/h5-7,12,14-15,17H,8-11,13H2,1-4H3,(H,23,26). The summed E-state index contributed by atoms with van der Waals surface area (Å²) in [5.41, 5.74) is 1.32. The lowest BCUT2D eigenvalue weighted by Gasteiger charge is -2.36. The number of rotatable bonds is 2. The van der Waals surface area contributed by atoms with Gasteiger partial charge >= 0.3 is 0 Å². The van der Waals surface area contributed by atoms with Crippen molar-refractivity contribution in [1.29, 1.82) is 0 Å². The van der Waals surface area contributed by atoms with E-state index >= 15 is 0 Å². The van der Waals surface area contributed by atoms with Gasteiger partial charge < -0.3 is 5.32 Å². The maximum atomic E-state index is 6.09. The SMILES string of the molecule is CC1CN(C(=S)Nc2cccc(Cl)c2)C(=NC2CCC(C(C)(C)C)CC2)S1. The van der Waals surface area contributed by atoms with Crippen molar-refractivity contribution in [2.75, 3.05) is 11.9 Å². The van der Waals surface area contributed by atoms with E-state index in [0.717, 1.165) is 23.3 Å². The van der Waals surface area contributed by atoms with Crippen LogP contribution in [-0.4, -0.2) is 33.0 Å². The minimum atomic E-state index is 0.406. The molecule has 1 N–H and O–H groups in total. The molecule has 3 rings (SSSR count). The summed E-state index contributed by atoms with van der Waals surface area (Å²) in [7, 11) is 0. The summed E-state index contributed by atoms with van der Waals surface area (Å²) in [6.45, 7) is 10.2. The molecule has 6 heteroatoms. The Morgan fingerprint density at radius 3 is 2.59 bits per heavy atom. The normalized spacial score (nSPS) is 27.8. The lowest BCUT2D eigenvalue weighted by atomic mass is 9.71. The number of hydrogen-bond acceptors (Lipinski definition) is 3. The zero-order valence-corrected chi connectivity index (χ0v) is 19.1. The Balaban J connectivity index is 1.65. The highest BCUT2D eigenvalue weighted by atomic mass is 35.5. The van der Waals surface area contributed by atoms with Crippen LogP contribution >= 0.6 is 35.6 Å². The number of amidine groups is 1. The van der Waals surface area contributed by atoms with Crippen LogP contribution in [0, 0.1) is 11.3 Å². The molecular weight excluding hydrogens is 394 g/mol. The molecule has 1 saturated heterocycles. The van der Waals surface area contributed by atoms with E-state index in [1.54, 1.807) is 0 Å². The lowest BCUT2D eigenvalue weighted by molar-refractivity contribution is 0.170. The highest BCUT2D eigenvalue weighted by Crippen LogP contribution is 2.39. The summed E-state index contributed by atoms with van der Waals surface area (Å²) in [4.78, 5) is 7.27. The Morgan fingerprint density at radius 2 is 1.96 bits per heavy atom. The van der Waals surface area contributed by atoms with Crippen molar-refractivity contribution >= 4 is 51.5 Å². The smallest absolute Gasteiger partial charge is 0.179 e. The van der Waals surface area contributed by atoms with Crippen molar-refractivity contribution in [2.24, 2.45) is 16.3 Å². The maximum absolute atomic E-state index is 6.09. The second kappa shape index (κ2) is 8.71. The van der Waals surface area contributed by atoms with E-state index in [0.29, 0.717) is 26.8 Å². The number of thiocarbonyl (C=S) groups is 1. The van der Waals surface area contributed by atoms with Crippen LogP contribution in [0.1, 0.15) is 53.4 Å². The minimum Gasteiger partial charge on any atom is -0.332 e. The summed E-state index contributed by atoms with van der Waals surface area (Å²) in [6, 6.07) is 8.09. The van der Waals surface area contributed by atoms with E-state index in [9.17, 15) is 0 Å². The third-order valence-corrected chi connectivity index (χ3v) is 7.16. The number of aliphatic imine (C=N–C) groups is 1. The molecule has 27 heavy (non-hydrogen) atoms. The van der Waals surface area contributed by atoms with Gasteiger partial charge in [0.25, 0.3) is 0 Å². The van der Waals surface area contributed by atoms with Crippen molar-refractivity contribution in [3.63, 3.8) is 0 Å². The average molecular weight is 424 g/mol. The average Bonchev–Trinajstić information content (AvgIpc) is 2.95. The largest absolute Gasteiger partial charge is 0.332 e. The van der Waals surface area contributed by atoms with Gasteiger partial charge in [-0.3, -0.25) is 9.89 Å². The second-order valence-corrected chi connectivity index (χ2v) is 11.0. The number of nitrogens with one attached hydrogen (secondary N) is 1. The van der Waals surface area contributed by atoms with Crippen LogP contribution in [0.2, 0.25) is 5.02 Å². The van der Waals surface area contributed by atoms with E-state index < -0.39 is 0 Å². The number of halogens is 1. The molecule has 1 heterocycles. The summed E-state index contributed by atoms with van der Waals surface area (Å²) < 4.78 is 0. The van der Waals surface area contributed by atoms with Gasteiger partial charge in [-0.2, -0.15) is 0 Å². The van der Waals surface area contributed by atoms with E-state index in [-0.39, 0.29) is 0 Å². The van der Waals surface area contributed by atoms with Crippen LogP contribution < -0.4 is 5.32 Å². The number of hydrogen-bond donors (Lipinski definition) is 1. The van der Waals surface area contributed by atoms with Crippen LogP contribution in [-0.2, 0) is 0 Å². The highest BCUT2D eigenvalue weighted by molar-refractivity contribution is 8.14. The topological polar surface area (TPSA) is 27.6 Å². The molecule has 1 aromatic carbocycles. The summed E-state index contributed by atoms with van der Waals surface area (Å²) in [5.74, 6) is 0.811. The Bertz CT molecular complexity index is 706. The van der Waals surface area contributed by atoms with Gasteiger partial charge in [-0.1, -0.05) is 57.1 Å². The molecule has 0 radical (unpaired) electrons. The number of thioether (sulfide) groups is 1. The molecule has 148 valence electrons. The first kappa shape index (κ1) is 20.9. The van der Waals surface area contributed by atoms with Crippen molar-refractivity contribution in [3.05, 3.63) is 29.3 Å². The van der Waals surface area contributed by atoms with E-state index in [1.807, 2.05) is 36.0 Å². The quantitative estimate of drug-likeness (QED) is 0.554. The van der Waals surface area contributed by atoms with Crippen LogP contribution in [0.4, 0.5) is 5.69 Å². The molecule has 2 fully saturated rings. The number of nitrogens with zero attached hydrogens (tertiary/aromatic N) is 2. The van der Waals surface area contributed by atoms with Crippen LogP contribution in [0.3, 0.4) is 0 Å². The summed E-state index contributed by atoms with van der Waals surface area (Å²) >= 11 is 13.6.